The van der Waals surface area contributed by atoms with Gasteiger partial charge in [0.15, 0.2) is 5.82 Å². The number of rotatable bonds is 7. The van der Waals surface area contributed by atoms with E-state index in [1.807, 2.05) is 29.3 Å². The van der Waals surface area contributed by atoms with Crippen LogP contribution < -0.4 is 5.32 Å². The smallest absolute Gasteiger partial charge is 0.339 e. The van der Waals surface area contributed by atoms with Crippen molar-refractivity contribution in [3.05, 3.63) is 94.4 Å². The lowest BCUT2D eigenvalue weighted by Crippen LogP contribution is -2.35. The fraction of sp³-hybridized carbons (Fsp3) is 0.324. The first-order chi connectivity index (χ1) is 20.9. The van der Waals surface area contributed by atoms with Gasteiger partial charge in [-0.25, -0.2) is 19.4 Å². The van der Waals surface area contributed by atoms with Crippen molar-refractivity contribution in [2.75, 3.05) is 18.4 Å². The van der Waals surface area contributed by atoms with Crippen LogP contribution >= 0.6 is 0 Å². The number of aromatic nitrogens is 4. The maximum Gasteiger partial charge on any atom is 0.339 e. The van der Waals surface area contributed by atoms with Gasteiger partial charge in [-0.2, -0.15) is 5.10 Å². The molecule has 2 aliphatic carbocycles. The lowest BCUT2D eigenvalue weighted by molar-refractivity contribution is -0.132. The summed E-state index contributed by atoms with van der Waals surface area (Å²) in [6.45, 7) is 5.29. The fourth-order valence-electron chi connectivity index (χ4n) is 6.38. The highest BCUT2D eigenvalue weighted by Crippen LogP contribution is 2.40. The Labute approximate surface area is 250 Å². The summed E-state index contributed by atoms with van der Waals surface area (Å²) >= 11 is 0. The first kappa shape index (κ1) is 27.1. The molecule has 0 spiro atoms. The first-order valence-electron chi connectivity index (χ1n) is 15.0. The van der Waals surface area contributed by atoms with Gasteiger partial charge in [0.2, 0.25) is 5.91 Å². The number of aryl methyl sites for hydroxylation is 2. The van der Waals surface area contributed by atoms with Crippen LogP contribution in [-0.2, 0) is 11.2 Å². The average Bonchev–Trinajstić information content (AvgIpc) is 3.68. The van der Waals surface area contributed by atoms with Crippen LogP contribution in [0, 0.1) is 19.8 Å². The molecule has 1 aliphatic heterocycles. The van der Waals surface area contributed by atoms with Crippen molar-refractivity contribution in [1.29, 1.82) is 0 Å². The van der Waals surface area contributed by atoms with Gasteiger partial charge in [0.25, 0.3) is 0 Å². The quantitative estimate of drug-likeness (QED) is 0.288. The summed E-state index contributed by atoms with van der Waals surface area (Å²) in [6, 6.07) is 14.4. The van der Waals surface area contributed by atoms with Crippen molar-refractivity contribution in [2.24, 2.45) is 5.92 Å². The molecule has 0 radical (unpaired) electrons. The molecule has 1 unspecified atom stereocenters. The monoisotopic (exact) mass is 574 g/mol. The lowest BCUT2D eigenvalue weighted by Gasteiger charge is -2.27. The van der Waals surface area contributed by atoms with Crippen molar-refractivity contribution in [1.82, 2.24) is 24.6 Å². The number of hydrogen-bond donors (Lipinski definition) is 2. The van der Waals surface area contributed by atoms with E-state index in [9.17, 15) is 14.7 Å². The van der Waals surface area contributed by atoms with E-state index in [1.54, 1.807) is 11.6 Å². The third-order valence-electron chi connectivity index (χ3n) is 8.92. The van der Waals surface area contributed by atoms with Crippen molar-refractivity contribution in [3.8, 4) is 17.1 Å². The minimum Gasteiger partial charge on any atom is -0.478 e. The summed E-state index contributed by atoms with van der Waals surface area (Å²) in [5.74, 6) is 1.01. The van der Waals surface area contributed by atoms with Crippen molar-refractivity contribution in [3.63, 3.8) is 0 Å². The molecular formula is C34H34N6O3. The van der Waals surface area contributed by atoms with Crippen molar-refractivity contribution in [2.45, 2.75) is 52.0 Å². The second-order valence-electron chi connectivity index (χ2n) is 11.8. The second-order valence-corrected chi connectivity index (χ2v) is 11.8. The van der Waals surface area contributed by atoms with Gasteiger partial charge in [-0.05, 0) is 92.0 Å². The molecule has 9 heteroatoms. The predicted octanol–water partition coefficient (Wildman–Crippen LogP) is 5.77. The number of nitrogens with one attached hydrogen (secondary N) is 1. The number of benzene rings is 1. The van der Waals surface area contributed by atoms with Gasteiger partial charge in [-0.15, -0.1) is 0 Å². The zero-order valence-corrected chi connectivity index (χ0v) is 24.4. The Hall–Kier alpha value is -4.79. The van der Waals surface area contributed by atoms with Crippen LogP contribution in [0.4, 0.5) is 5.82 Å². The summed E-state index contributed by atoms with van der Waals surface area (Å²) in [5, 5.41) is 17.5. The SMILES string of the molecule is Cc1cc(C2=CCN(C(=O)C3CC3)CC2)cnc1NC1CCc2cccc(-c3cccc(-n4ncc(C(=O)O)c4C)n3)c21. The van der Waals surface area contributed by atoms with E-state index < -0.39 is 5.97 Å². The number of carboxylic acids is 1. The molecule has 1 aromatic carbocycles. The zero-order chi connectivity index (χ0) is 29.7. The highest BCUT2D eigenvalue weighted by atomic mass is 16.4. The van der Waals surface area contributed by atoms with Gasteiger partial charge in [-0.3, -0.25) is 4.79 Å². The van der Waals surface area contributed by atoms with E-state index in [4.69, 9.17) is 9.97 Å². The standard InChI is InChI=1S/C34H34N6O3/c1-20-17-25(22-13-15-39(16-14-22)33(41)24-9-10-24)18-35-32(20)38-29-12-11-23-5-3-6-26(31(23)29)28-7-4-8-30(37-28)40-21(2)27(19-36-40)34(42)43/h3-8,13,17-19,24,29H,9-12,14-16H2,1-2H3,(H,35,38)(H,42,43). The highest BCUT2D eigenvalue weighted by molar-refractivity contribution is 5.88. The predicted molar refractivity (Wildman–Crippen MR) is 164 cm³/mol. The summed E-state index contributed by atoms with van der Waals surface area (Å²) in [4.78, 5) is 35.7. The molecule has 1 saturated carbocycles. The summed E-state index contributed by atoms with van der Waals surface area (Å²) in [7, 11) is 0. The van der Waals surface area contributed by atoms with Crippen molar-refractivity contribution >= 4 is 23.3 Å². The van der Waals surface area contributed by atoms with Gasteiger partial charge in [0.1, 0.15) is 11.4 Å². The minimum atomic E-state index is -1.01. The summed E-state index contributed by atoms with van der Waals surface area (Å²) in [6.07, 6.45) is 10.3. The Morgan fingerprint density at radius 1 is 1.02 bits per heavy atom. The number of fused-ring (bicyclic) bond motifs is 1. The van der Waals surface area contributed by atoms with Crippen LogP contribution in [-0.4, -0.2) is 54.7 Å². The molecule has 1 fully saturated rings. The Morgan fingerprint density at radius 2 is 1.86 bits per heavy atom. The molecule has 43 heavy (non-hydrogen) atoms. The molecule has 1 atom stereocenters. The molecule has 4 heterocycles. The number of aromatic carboxylic acids is 1. The molecule has 3 aromatic heterocycles. The number of amides is 1. The number of carbonyl (C=O) groups is 2. The molecule has 4 aromatic rings. The molecule has 0 bridgehead atoms. The Balaban J connectivity index is 1.13. The lowest BCUT2D eigenvalue weighted by atomic mass is 9.97. The summed E-state index contributed by atoms with van der Waals surface area (Å²) < 4.78 is 1.57. The van der Waals surface area contributed by atoms with Crippen LogP contribution in [0.5, 0.6) is 0 Å². The summed E-state index contributed by atoms with van der Waals surface area (Å²) in [5.41, 5.74) is 8.53. The van der Waals surface area contributed by atoms with Gasteiger partial charge in [-0.1, -0.05) is 30.3 Å². The molecule has 218 valence electrons. The average molecular weight is 575 g/mol. The van der Waals surface area contributed by atoms with Crippen LogP contribution in [0.1, 0.15) is 70.0 Å². The number of hydrogen-bond acceptors (Lipinski definition) is 6. The van der Waals surface area contributed by atoms with Crippen LogP contribution in [0.15, 0.2) is 60.9 Å². The number of nitrogens with zero attached hydrogens (tertiary/aromatic N) is 5. The van der Waals surface area contributed by atoms with E-state index >= 15 is 0 Å². The zero-order valence-electron chi connectivity index (χ0n) is 24.4. The molecule has 3 aliphatic rings. The van der Waals surface area contributed by atoms with Crippen LogP contribution in [0.2, 0.25) is 0 Å². The molecule has 2 N–H and O–H groups in total. The van der Waals surface area contributed by atoms with Crippen LogP contribution in [0.25, 0.3) is 22.6 Å². The number of anilines is 1. The second kappa shape index (κ2) is 10.8. The van der Waals surface area contributed by atoms with Gasteiger partial charge < -0.3 is 15.3 Å². The van der Waals surface area contributed by atoms with Crippen LogP contribution in [0.3, 0.4) is 0 Å². The Kier molecular flexibility index (Phi) is 6.80. The van der Waals surface area contributed by atoms with E-state index in [0.717, 1.165) is 66.9 Å². The number of pyridine rings is 2. The van der Waals surface area contributed by atoms with E-state index in [0.29, 0.717) is 24.0 Å². The molecule has 9 nitrogen and oxygen atoms in total. The van der Waals surface area contributed by atoms with Gasteiger partial charge in [0.05, 0.1) is 23.6 Å². The van der Waals surface area contributed by atoms with E-state index in [1.165, 1.54) is 22.9 Å². The molecule has 0 saturated heterocycles. The number of carboxylic acid groups (broad SMARTS) is 1. The highest BCUT2D eigenvalue weighted by Gasteiger charge is 2.34. The minimum absolute atomic E-state index is 0.0784. The Morgan fingerprint density at radius 3 is 2.58 bits per heavy atom. The molecule has 7 rings (SSSR count). The van der Waals surface area contributed by atoms with E-state index in [-0.39, 0.29) is 17.5 Å². The third kappa shape index (κ3) is 5.09. The van der Waals surface area contributed by atoms with E-state index in [2.05, 4.69) is 47.7 Å². The molecule has 1 amide bonds. The van der Waals surface area contributed by atoms with Crippen molar-refractivity contribution < 1.29 is 14.7 Å². The topological polar surface area (TPSA) is 113 Å². The number of carbonyl (C=O) groups excluding carboxylic acids is 1. The van der Waals surface area contributed by atoms with Gasteiger partial charge in [0, 0.05) is 30.8 Å². The normalized spacial score (nSPS) is 17.9. The first-order valence-corrected chi connectivity index (χ1v) is 15.0. The van der Waals surface area contributed by atoms with Gasteiger partial charge >= 0.3 is 5.97 Å². The molecular weight excluding hydrogens is 540 g/mol. The Bertz CT molecular complexity index is 1790. The maximum absolute atomic E-state index is 12.4. The fourth-order valence-corrected chi connectivity index (χ4v) is 6.38. The maximum atomic E-state index is 12.4. The largest absolute Gasteiger partial charge is 0.478 e. The third-order valence-corrected chi connectivity index (χ3v) is 8.92.